The molecule has 0 unspecified atom stereocenters. The summed E-state index contributed by atoms with van der Waals surface area (Å²) in [6.07, 6.45) is 1.39. The molecule has 0 bridgehead atoms. The van der Waals surface area contributed by atoms with Crippen molar-refractivity contribution in [2.45, 2.75) is 6.54 Å². The van der Waals surface area contributed by atoms with Gasteiger partial charge in [0.1, 0.15) is 17.9 Å². The first kappa shape index (κ1) is 18.6. The van der Waals surface area contributed by atoms with Gasteiger partial charge in [-0.15, -0.1) is 11.3 Å². The van der Waals surface area contributed by atoms with Crippen molar-refractivity contribution in [2.75, 3.05) is 11.4 Å². The van der Waals surface area contributed by atoms with Crippen molar-refractivity contribution in [3.05, 3.63) is 82.7 Å². The molecule has 7 heteroatoms. The Balaban J connectivity index is 1.71. The van der Waals surface area contributed by atoms with Gasteiger partial charge in [-0.3, -0.25) is 19.1 Å². The van der Waals surface area contributed by atoms with Crippen molar-refractivity contribution in [3.63, 3.8) is 0 Å². The van der Waals surface area contributed by atoms with E-state index in [9.17, 15) is 9.59 Å². The van der Waals surface area contributed by atoms with E-state index in [1.807, 2.05) is 47.8 Å². The minimum atomic E-state index is -0.350. The van der Waals surface area contributed by atoms with Crippen LogP contribution >= 0.6 is 11.3 Å². The number of carbonyl (C=O) groups is 1. The van der Waals surface area contributed by atoms with Crippen LogP contribution in [0, 0.1) is 11.3 Å². The molecule has 4 aromatic rings. The summed E-state index contributed by atoms with van der Waals surface area (Å²) in [5.74, 6) is -0.350. The molecular formula is C22H16N4O2S. The number of rotatable bonds is 5. The predicted molar refractivity (Wildman–Crippen MR) is 114 cm³/mol. The molecule has 0 N–H and O–H groups in total. The van der Waals surface area contributed by atoms with Crippen LogP contribution in [-0.4, -0.2) is 22.0 Å². The predicted octanol–water partition coefficient (Wildman–Crippen LogP) is 3.68. The average Bonchev–Trinajstić information content (AvgIpc) is 3.20. The SMILES string of the molecule is N#CCN(C(=O)Cn1cnc2scc(-c3ccccc3)c2c1=O)c1ccccc1. The summed E-state index contributed by atoms with van der Waals surface area (Å²) in [7, 11) is 0. The summed E-state index contributed by atoms with van der Waals surface area (Å²) in [6.45, 7) is -0.288. The zero-order chi connectivity index (χ0) is 20.2. The highest BCUT2D eigenvalue weighted by molar-refractivity contribution is 7.17. The van der Waals surface area contributed by atoms with Crippen molar-refractivity contribution in [2.24, 2.45) is 0 Å². The fraction of sp³-hybridized carbons (Fsp3) is 0.0909. The van der Waals surface area contributed by atoms with E-state index in [1.54, 1.807) is 24.3 Å². The normalized spacial score (nSPS) is 10.6. The number of carbonyl (C=O) groups excluding carboxylic acids is 1. The summed E-state index contributed by atoms with van der Waals surface area (Å²) >= 11 is 1.40. The van der Waals surface area contributed by atoms with Gasteiger partial charge in [0.2, 0.25) is 5.91 Å². The lowest BCUT2D eigenvalue weighted by atomic mass is 10.1. The third kappa shape index (κ3) is 3.66. The summed E-state index contributed by atoms with van der Waals surface area (Å²) < 4.78 is 1.30. The highest BCUT2D eigenvalue weighted by atomic mass is 32.1. The van der Waals surface area contributed by atoms with Crippen molar-refractivity contribution in [1.82, 2.24) is 9.55 Å². The average molecular weight is 400 g/mol. The highest BCUT2D eigenvalue weighted by Crippen LogP contribution is 2.30. The van der Waals surface area contributed by atoms with E-state index in [0.29, 0.717) is 15.9 Å². The second-order valence-corrected chi connectivity index (χ2v) is 7.20. The molecule has 0 fully saturated rings. The standard InChI is InChI=1S/C22H16N4O2S/c23-11-12-26(17-9-5-2-6-10-17)19(27)13-25-15-24-21-20(22(25)28)18(14-29-21)16-7-3-1-4-8-16/h1-10,14-15H,12-13H2. The van der Waals surface area contributed by atoms with E-state index >= 15 is 0 Å². The molecule has 0 radical (unpaired) electrons. The minimum Gasteiger partial charge on any atom is -0.297 e. The molecule has 2 heterocycles. The van der Waals surface area contributed by atoms with Gasteiger partial charge in [0, 0.05) is 16.6 Å². The molecule has 0 spiro atoms. The van der Waals surface area contributed by atoms with E-state index < -0.39 is 0 Å². The molecule has 29 heavy (non-hydrogen) atoms. The topological polar surface area (TPSA) is 79.0 Å². The fourth-order valence-electron chi connectivity index (χ4n) is 3.14. The monoisotopic (exact) mass is 400 g/mol. The number of nitriles is 1. The zero-order valence-corrected chi connectivity index (χ0v) is 16.2. The molecule has 0 aliphatic rings. The van der Waals surface area contributed by atoms with Gasteiger partial charge in [0.25, 0.3) is 5.56 Å². The Labute approximate surface area is 170 Å². The first-order valence-electron chi connectivity index (χ1n) is 8.93. The van der Waals surface area contributed by atoms with Gasteiger partial charge in [0.15, 0.2) is 0 Å². The Hall–Kier alpha value is -3.76. The number of aromatic nitrogens is 2. The van der Waals surface area contributed by atoms with Gasteiger partial charge in [-0.1, -0.05) is 48.5 Å². The number of amides is 1. The lowest BCUT2D eigenvalue weighted by molar-refractivity contribution is -0.119. The molecule has 0 saturated carbocycles. The number of para-hydroxylation sites is 1. The van der Waals surface area contributed by atoms with Crippen LogP contribution in [0.15, 0.2) is 77.2 Å². The maximum Gasteiger partial charge on any atom is 0.263 e. The third-order valence-electron chi connectivity index (χ3n) is 4.55. The van der Waals surface area contributed by atoms with Crippen molar-refractivity contribution in [1.29, 1.82) is 5.26 Å². The summed E-state index contributed by atoms with van der Waals surface area (Å²) in [6, 6.07) is 20.6. The summed E-state index contributed by atoms with van der Waals surface area (Å²) in [5, 5.41) is 11.5. The van der Waals surface area contributed by atoms with Crippen LogP contribution in [0.4, 0.5) is 5.69 Å². The van der Waals surface area contributed by atoms with E-state index in [1.165, 1.54) is 27.1 Å². The van der Waals surface area contributed by atoms with Crippen molar-refractivity contribution < 1.29 is 4.79 Å². The van der Waals surface area contributed by atoms with Crippen LogP contribution in [0.5, 0.6) is 0 Å². The van der Waals surface area contributed by atoms with Crippen LogP contribution in [0.2, 0.25) is 0 Å². The van der Waals surface area contributed by atoms with Gasteiger partial charge >= 0.3 is 0 Å². The van der Waals surface area contributed by atoms with Gasteiger partial charge < -0.3 is 0 Å². The van der Waals surface area contributed by atoms with E-state index in [0.717, 1.165) is 11.1 Å². The molecule has 0 aliphatic carbocycles. The van der Waals surface area contributed by atoms with Crippen molar-refractivity contribution in [3.8, 4) is 17.2 Å². The first-order valence-corrected chi connectivity index (χ1v) is 9.81. The Kier molecular flexibility index (Phi) is 5.18. The maximum atomic E-state index is 13.1. The zero-order valence-electron chi connectivity index (χ0n) is 15.4. The number of benzene rings is 2. The molecule has 0 saturated heterocycles. The number of hydrogen-bond donors (Lipinski definition) is 0. The summed E-state index contributed by atoms with van der Waals surface area (Å²) in [5.41, 5.74) is 2.08. The van der Waals surface area contributed by atoms with Crippen LogP contribution in [-0.2, 0) is 11.3 Å². The third-order valence-corrected chi connectivity index (χ3v) is 5.44. The molecule has 2 aromatic carbocycles. The minimum absolute atomic E-state index is 0.0962. The molecule has 6 nitrogen and oxygen atoms in total. The Morgan fingerprint density at radius 1 is 1.10 bits per heavy atom. The van der Waals surface area contributed by atoms with Crippen LogP contribution < -0.4 is 10.5 Å². The number of anilines is 1. The second-order valence-electron chi connectivity index (χ2n) is 6.35. The van der Waals surface area contributed by atoms with Crippen LogP contribution in [0.25, 0.3) is 21.3 Å². The van der Waals surface area contributed by atoms with E-state index in [2.05, 4.69) is 4.98 Å². The molecule has 1 amide bonds. The molecule has 2 aromatic heterocycles. The first-order chi connectivity index (χ1) is 14.2. The van der Waals surface area contributed by atoms with Crippen LogP contribution in [0.1, 0.15) is 0 Å². The van der Waals surface area contributed by atoms with Gasteiger partial charge in [0.05, 0.1) is 17.8 Å². The fourth-order valence-corrected chi connectivity index (χ4v) is 4.05. The lowest BCUT2D eigenvalue weighted by Crippen LogP contribution is -2.37. The molecule has 4 rings (SSSR count). The smallest absolute Gasteiger partial charge is 0.263 e. The largest absolute Gasteiger partial charge is 0.297 e. The van der Waals surface area contributed by atoms with Gasteiger partial charge in [-0.2, -0.15) is 5.26 Å². The summed E-state index contributed by atoms with van der Waals surface area (Å²) in [4.78, 5) is 32.4. The van der Waals surface area contributed by atoms with E-state index in [4.69, 9.17) is 5.26 Å². The number of fused-ring (bicyclic) bond motifs is 1. The maximum absolute atomic E-state index is 13.1. The van der Waals surface area contributed by atoms with Gasteiger partial charge in [-0.05, 0) is 17.7 Å². The highest BCUT2D eigenvalue weighted by Gasteiger charge is 2.19. The quantitative estimate of drug-likeness (QED) is 0.479. The number of nitrogens with zero attached hydrogens (tertiary/aromatic N) is 4. The van der Waals surface area contributed by atoms with Crippen molar-refractivity contribution >= 4 is 33.1 Å². The number of thiophene rings is 1. The number of hydrogen-bond acceptors (Lipinski definition) is 5. The Morgan fingerprint density at radius 2 is 1.79 bits per heavy atom. The lowest BCUT2D eigenvalue weighted by Gasteiger charge is -2.20. The van der Waals surface area contributed by atoms with E-state index in [-0.39, 0.29) is 24.6 Å². The Bertz CT molecular complexity index is 1260. The molecule has 0 aliphatic heterocycles. The Morgan fingerprint density at radius 3 is 2.48 bits per heavy atom. The molecule has 142 valence electrons. The molecular weight excluding hydrogens is 384 g/mol. The molecule has 0 atom stereocenters. The van der Waals surface area contributed by atoms with Gasteiger partial charge in [-0.25, -0.2) is 4.98 Å². The van der Waals surface area contributed by atoms with Crippen LogP contribution in [0.3, 0.4) is 0 Å². The second kappa shape index (κ2) is 8.09.